The molecule has 3 rings (SSSR count). The van der Waals surface area contributed by atoms with E-state index >= 15 is 0 Å². The lowest BCUT2D eigenvalue weighted by Gasteiger charge is -2.09. The summed E-state index contributed by atoms with van der Waals surface area (Å²) in [6.45, 7) is 4.24. The molecule has 0 atom stereocenters. The van der Waals surface area contributed by atoms with Crippen LogP contribution in [0.2, 0.25) is 5.02 Å². The van der Waals surface area contributed by atoms with Gasteiger partial charge in [-0.25, -0.2) is 0 Å². The number of benzene rings is 2. The monoisotopic (exact) mass is 370 g/mol. The van der Waals surface area contributed by atoms with E-state index in [0.29, 0.717) is 22.9 Å². The van der Waals surface area contributed by atoms with Crippen molar-refractivity contribution in [1.29, 1.82) is 0 Å². The van der Waals surface area contributed by atoms with Gasteiger partial charge in [0.05, 0.1) is 5.56 Å². The van der Waals surface area contributed by atoms with Gasteiger partial charge in [0, 0.05) is 11.6 Å². The minimum absolute atomic E-state index is 0.203. The zero-order valence-corrected chi connectivity index (χ0v) is 15.3. The van der Waals surface area contributed by atoms with E-state index < -0.39 is 0 Å². The molecule has 0 saturated heterocycles. The Morgan fingerprint density at radius 2 is 1.88 bits per heavy atom. The second-order valence-electron chi connectivity index (χ2n) is 5.89. The van der Waals surface area contributed by atoms with Gasteiger partial charge in [0.25, 0.3) is 5.91 Å². The van der Waals surface area contributed by atoms with Crippen molar-refractivity contribution in [2.75, 3.05) is 0 Å². The maximum atomic E-state index is 12.5. The molecule has 0 unspecified atom stereocenters. The molecule has 0 aliphatic rings. The zero-order chi connectivity index (χ0) is 18.5. The Bertz CT molecular complexity index is 921. The van der Waals surface area contributed by atoms with Crippen LogP contribution in [0.15, 0.2) is 53.1 Å². The lowest BCUT2D eigenvalue weighted by Crippen LogP contribution is -2.24. The summed E-state index contributed by atoms with van der Waals surface area (Å²) in [6, 6.07) is 15.1. The Morgan fingerprint density at radius 3 is 2.65 bits per heavy atom. The van der Waals surface area contributed by atoms with E-state index in [0.717, 1.165) is 16.9 Å². The Kier molecular flexibility index (Phi) is 5.58. The lowest BCUT2D eigenvalue weighted by atomic mass is 10.1. The van der Waals surface area contributed by atoms with E-state index in [-0.39, 0.29) is 18.2 Å². The van der Waals surface area contributed by atoms with Crippen molar-refractivity contribution in [1.82, 2.24) is 10.5 Å². The van der Waals surface area contributed by atoms with Gasteiger partial charge < -0.3 is 14.6 Å². The number of aromatic nitrogens is 1. The predicted molar refractivity (Wildman–Crippen MR) is 99.4 cm³/mol. The molecule has 3 aromatic rings. The Labute approximate surface area is 156 Å². The summed E-state index contributed by atoms with van der Waals surface area (Å²) in [5.74, 6) is 0.988. The molecular formula is C20H19ClN2O3. The summed E-state index contributed by atoms with van der Waals surface area (Å²) in [4.78, 5) is 12.5. The molecule has 0 bridgehead atoms. The van der Waals surface area contributed by atoms with Crippen molar-refractivity contribution in [2.45, 2.75) is 27.0 Å². The molecule has 26 heavy (non-hydrogen) atoms. The van der Waals surface area contributed by atoms with Crippen LogP contribution in [0.25, 0.3) is 0 Å². The highest BCUT2D eigenvalue weighted by atomic mass is 35.5. The van der Waals surface area contributed by atoms with Crippen LogP contribution in [-0.2, 0) is 13.2 Å². The van der Waals surface area contributed by atoms with Gasteiger partial charge in [-0.15, -0.1) is 0 Å². The number of halogens is 1. The normalized spacial score (nSPS) is 10.6. The van der Waals surface area contributed by atoms with Crippen molar-refractivity contribution < 1.29 is 14.1 Å². The van der Waals surface area contributed by atoms with E-state index in [4.69, 9.17) is 20.9 Å². The van der Waals surface area contributed by atoms with Gasteiger partial charge in [0.2, 0.25) is 0 Å². The van der Waals surface area contributed by atoms with E-state index in [2.05, 4.69) is 10.5 Å². The van der Waals surface area contributed by atoms with Crippen molar-refractivity contribution in [3.63, 3.8) is 0 Å². The SMILES string of the molecule is Cc1ccccc1OCc1c(C(=O)NCc2ccccc2Cl)noc1C. The number of hydrogen-bond acceptors (Lipinski definition) is 4. The fraction of sp³-hybridized carbons (Fsp3) is 0.200. The Balaban J connectivity index is 1.70. The quantitative estimate of drug-likeness (QED) is 0.696. The van der Waals surface area contributed by atoms with E-state index in [1.165, 1.54) is 0 Å². The molecule has 1 aromatic heterocycles. The van der Waals surface area contributed by atoms with Crippen LogP contribution < -0.4 is 10.1 Å². The maximum absolute atomic E-state index is 12.5. The molecule has 0 fully saturated rings. The van der Waals surface area contributed by atoms with Crippen molar-refractivity contribution >= 4 is 17.5 Å². The van der Waals surface area contributed by atoms with Gasteiger partial charge in [-0.3, -0.25) is 4.79 Å². The molecule has 0 aliphatic heterocycles. The first-order chi connectivity index (χ1) is 12.6. The lowest BCUT2D eigenvalue weighted by molar-refractivity contribution is 0.0939. The van der Waals surface area contributed by atoms with Crippen LogP contribution in [0.4, 0.5) is 0 Å². The summed E-state index contributed by atoms with van der Waals surface area (Å²) >= 11 is 6.12. The molecule has 6 heteroatoms. The van der Waals surface area contributed by atoms with Crippen molar-refractivity contribution in [3.8, 4) is 5.75 Å². The first-order valence-corrected chi connectivity index (χ1v) is 8.59. The summed E-state index contributed by atoms with van der Waals surface area (Å²) in [5.41, 5.74) is 2.71. The minimum atomic E-state index is -0.329. The highest BCUT2D eigenvalue weighted by Crippen LogP contribution is 2.21. The average molecular weight is 371 g/mol. The van der Waals surface area contributed by atoms with Crippen LogP contribution in [0.3, 0.4) is 0 Å². The highest BCUT2D eigenvalue weighted by molar-refractivity contribution is 6.31. The third-order valence-corrected chi connectivity index (χ3v) is 4.43. The standard InChI is InChI=1S/C20H19ClN2O3/c1-13-7-3-6-10-18(13)25-12-16-14(2)26-23-19(16)20(24)22-11-15-8-4-5-9-17(15)21/h3-10H,11-12H2,1-2H3,(H,22,24). The maximum Gasteiger partial charge on any atom is 0.274 e. The largest absolute Gasteiger partial charge is 0.488 e. The number of aryl methyl sites for hydroxylation is 2. The highest BCUT2D eigenvalue weighted by Gasteiger charge is 2.20. The Morgan fingerprint density at radius 1 is 1.15 bits per heavy atom. The van der Waals surface area contributed by atoms with Crippen LogP contribution in [0.5, 0.6) is 5.75 Å². The number of amides is 1. The van der Waals surface area contributed by atoms with E-state index in [1.54, 1.807) is 13.0 Å². The molecule has 0 spiro atoms. The molecule has 0 aliphatic carbocycles. The smallest absolute Gasteiger partial charge is 0.274 e. The van der Waals surface area contributed by atoms with Crippen LogP contribution >= 0.6 is 11.6 Å². The number of nitrogens with zero attached hydrogens (tertiary/aromatic N) is 1. The minimum Gasteiger partial charge on any atom is -0.488 e. The third-order valence-electron chi connectivity index (χ3n) is 4.06. The van der Waals surface area contributed by atoms with Gasteiger partial charge in [-0.05, 0) is 37.1 Å². The predicted octanol–water partition coefficient (Wildman–Crippen LogP) is 4.45. The first-order valence-electron chi connectivity index (χ1n) is 8.21. The number of ether oxygens (including phenoxy) is 1. The molecule has 1 amide bonds. The van der Waals surface area contributed by atoms with Gasteiger partial charge in [-0.2, -0.15) is 0 Å². The summed E-state index contributed by atoms with van der Waals surface area (Å²) in [6.07, 6.45) is 0. The van der Waals surface area contributed by atoms with Crippen LogP contribution in [0, 0.1) is 13.8 Å². The number of carbonyl (C=O) groups excluding carboxylic acids is 1. The number of rotatable bonds is 6. The molecule has 0 radical (unpaired) electrons. The molecule has 0 saturated carbocycles. The fourth-order valence-electron chi connectivity index (χ4n) is 2.51. The summed E-state index contributed by atoms with van der Waals surface area (Å²) in [7, 11) is 0. The molecular weight excluding hydrogens is 352 g/mol. The molecule has 1 N–H and O–H groups in total. The first kappa shape index (κ1) is 18.0. The van der Waals surface area contributed by atoms with E-state index in [9.17, 15) is 4.79 Å². The fourth-order valence-corrected chi connectivity index (χ4v) is 2.71. The number of para-hydroxylation sites is 1. The average Bonchev–Trinajstić information content (AvgIpc) is 3.01. The van der Waals surface area contributed by atoms with Gasteiger partial charge >= 0.3 is 0 Å². The molecule has 1 heterocycles. The third kappa shape index (κ3) is 4.06. The van der Waals surface area contributed by atoms with E-state index in [1.807, 2.05) is 49.4 Å². The van der Waals surface area contributed by atoms with Crippen molar-refractivity contribution in [2.24, 2.45) is 0 Å². The number of hydrogen-bond donors (Lipinski definition) is 1. The summed E-state index contributed by atoms with van der Waals surface area (Å²) < 4.78 is 11.0. The molecule has 2 aromatic carbocycles. The number of carbonyl (C=O) groups is 1. The molecule has 5 nitrogen and oxygen atoms in total. The van der Waals surface area contributed by atoms with Gasteiger partial charge in [0.1, 0.15) is 18.1 Å². The van der Waals surface area contributed by atoms with Crippen LogP contribution in [-0.4, -0.2) is 11.1 Å². The number of nitrogens with one attached hydrogen (secondary N) is 1. The summed E-state index contributed by atoms with van der Waals surface area (Å²) in [5, 5.41) is 7.31. The second-order valence-corrected chi connectivity index (χ2v) is 6.30. The Hall–Kier alpha value is -2.79. The van der Waals surface area contributed by atoms with Gasteiger partial charge in [-0.1, -0.05) is 53.2 Å². The van der Waals surface area contributed by atoms with Crippen LogP contribution in [0.1, 0.15) is 32.9 Å². The topological polar surface area (TPSA) is 64.4 Å². The molecule has 134 valence electrons. The van der Waals surface area contributed by atoms with Gasteiger partial charge in [0.15, 0.2) is 5.69 Å². The van der Waals surface area contributed by atoms with Crippen molar-refractivity contribution in [3.05, 3.63) is 81.7 Å². The second kappa shape index (κ2) is 8.06. The zero-order valence-electron chi connectivity index (χ0n) is 14.6.